The molecule has 1 aliphatic carbocycles. The summed E-state index contributed by atoms with van der Waals surface area (Å²) in [6, 6.07) is 4.14. The Balaban J connectivity index is 1.92. The Morgan fingerprint density at radius 3 is 2.78 bits per heavy atom. The maximum Gasteiger partial charge on any atom is 0.127 e. The van der Waals surface area contributed by atoms with Crippen LogP contribution in [0, 0.1) is 11.8 Å². The molecule has 0 aromatic heterocycles. The van der Waals surface area contributed by atoms with E-state index < -0.39 is 0 Å². The number of phenolic OH excluding ortho intramolecular Hbond substituents is 1. The van der Waals surface area contributed by atoms with Gasteiger partial charge in [-0.25, -0.2) is 0 Å². The monoisotopic (exact) mass is 314 g/mol. The highest BCUT2D eigenvalue weighted by molar-refractivity contribution is 5.54. The highest BCUT2D eigenvalue weighted by atomic mass is 16.5. The number of allylic oxidation sites excluding steroid dienone is 1. The number of hydrogen-bond donors (Lipinski definition) is 1. The zero-order valence-corrected chi connectivity index (χ0v) is 14.8. The first-order valence-corrected chi connectivity index (χ1v) is 9.20. The predicted molar refractivity (Wildman–Crippen MR) is 95.2 cm³/mol. The summed E-state index contributed by atoms with van der Waals surface area (Å²) in [7, 11) is 0. The normalized spacial score (nSPS) is 28.8. The van der Waals surface area contributed by atoms with Gasteiger partial charge in [0.2, 0.25) is 0 Å². The van der Waals surface area contributed by atoms with Crippen LogP contribution in [-0.4, -0.2) is 11.2 Å². The van der Waals surface area contributed by atoms with Gasteiger partial charge in [-0.3, -0.25) is 0 Å². The summed E-state index contributed by atoms with van der Waals surface area (Å²) in [6.07, 6.45) is 7.17. The van der Waals surface area contributed by atoms with Crippen molar-refractivity contribution in [1.82, 2.24) is 0 Å². The minimum atomic E-state index is 0.192. The molecule has 2 heteroatoms. The second kappa shape index (κ2) is 6.59. The van der Waals surface area contributed by atoms with Crippen molar-refractivity contribution >= 4 is 0 Å². The fourth-order valence-electron chi connectivity index (χ4n) is 4.45. The highest BCUT2D eigenvalue weighted by Gasteiger charge is 2.47. The molecule has 2 nitrogen and oxygen atoms in total. The van der Waals surface area contributed by atoms with Crippen LogP contribution in [0.2, 0.25) is 0 Å². The number of aromatic hydroxyl groups is 1. The molecule has 0 radical (unpaired) electrons. The van der Waals surface area contributed by atoms with E-state index in [2.05, 4.69) is 33.4 Å². The summed E-state index contributed by atoms with van der Waals surface area (Å²) < 4.78 is 6.33. The maximum atomic E-state index is 10.7. The molecule has 1 heterocycles. The topological polar surface area (TPSA) is 29.5 Å². The first kappa shape index (κ1) is 16.4. The van der Waals surface area contributed by atoms with Crippen molar-refractivity contribution in [2.24, 2.45) is 11.8 Å². The van der Waals surface area contributed by atoms with E-state index in [-0.39, 0.29) is 12.0 Å². The van der Waals surface area contributed by atoms with Gasteiger partial charge in [-0.2, -0.15) is 0 Å². The van der Waals surface area contributed by atoms with Crippen molar-refractivity contribution in [1.29, 1.82) is 0 Å². The largest absolute Gasteiger partial charge is 0.508 e. The Morgan fingerprint density at radius 2 is 2.09 bits per heavy atom. The van der Waals surface area contributed by atoms with Gasteiger partial charge in [0.05, 0.1) is 0 Å². The molecule has 4 atom stereocenters. The van der Waals surface area contributed by atoms with Gasteiger partial charge in [-0.1, -0.05) is 38.8 Å². The Hall–Kier alpha value is -1.44. The Labute approximate surface area is 140 Å². The zero-order valence-electron chi connectivity index (χ0n) is 14.8. The van der Waals surface area contributed by atoms with E-state index in [0.29, 0.717) is 17.6 Å². The molecular weight excluding hydrogens is 284 g/mol. The number of phenols is 1. The fourth-order valence-corrected chi connectivity index (χ4v) is 4.45. The fraction of sp³-hybridized carbons (Fsp3) is 0.619. The third kappa shape index (κ3) is 3.00. The van der Waals surface area contributed by atoms with Crippen molar-refractivity contribution in [3.05, 3.63) is 35.4 Å². The van der Waals surface area contributed by atoms with Gasteiger partial charge in [0.15, 0.2) is 0 Å². The molecule has 0 bridgehead atoms. The van der Waals surface area contributed by atoms with E-state index in [0.717, 1.165) is 24.2 Å². The van der Waals surface area contributed by atoms with Crippen LogP contribution in [0.3, 0.4) is 0 Å². The van der Waals surface area contributed by atoms with E-state index in [9.17, 15) is 5.11 Å². The van der Waals surface area contributed by atoms with Crippen LogP contribution in [0.15, 0.2) is 24.3 Å². The van der Waals surface area contributed by atoms with Crippen LogP contribution in [0.1, 0.15) is 69.9 Å². The predicted octanol–water partition coefficient (Wildman–Crippen LogP) is 5.59. The Kier molecular flexibility index (Phi) is 4.70. The van der Waals surface area contributed by atoms with E-state index in [1.165, 1.54) is 36.8 Å². The number of fused-ring (bicyclic) bond motifs is 3. The van der Waals surface area contributed by atoms with Crippen LogP contribution < -0.4 is 4.74 Å². The van der Waals surface area contributed by atoms with Gasteiger partial charge in [-0.05, 0) is 62.1 Å². The molecular formula is C21H30O2. The lowest BCUT2D eigenvalue weighted by Gasteiger charge is -2.37. The molecule has 0 saturated heterocycles. The highest BCUT2D eigenvalue weighted by Crippen LogP contribution is 2.55. The summed E-state index contributed by atoms with van der Waals surface area (Å²) in [5, 5.41) is 10.7. The van der Waals surface area contributed by atoms with Crippen LogP contribution in [0.5, 0.6) is 11.5 Å². The molecule has 0 spiro atoms. The summed E-state index contributed by atoms with van der Waals surface area (Å²) in [6.45, 7) is 10.8. The van der Waals surface area contributed by atoms with E-state index in [1.54, 1.807) is 0 Å². The van der Waals surface area contributed by atoms with Gasteiger partial charge in [0.1, 0.15) is 17.6 Å². The number of aryl methyl sites for hydroxylation is 1. The first-order chi connectivity index (χ1) is 11.0. The Bertz CT molecular complexity index is 590. The van der Waals surface area contributed by atoms with E-state index in [4.69, 9.17) is 4.74 Å². The molecule has 1 fully saturated rings. The molecule has 1 N–H and O–H groups in total. The smallest absolute Gasteiger partial charge is 0.127 e. The third-order valence-electron chi connectivity index (χ3n) is 5.76. The van der Waals surface area contributed by atoms with Crippen LogP contribution in [0.4, 0.5) is 0 Å². The lowest BCUT2D eigenvalue weighted by Crippen LogP contribution is -2.36. The van der Waals surface area contributed by atoms with Gasteiger partial charge >= 0.3 is 0 Å². The molecule has 23 heavy (non-hydrogen) atoms. The quantitative estimate of drug-likeness (QED) is 0.567. The number of benzene rings is 1. The summed E-state index contributed by atoms with van der Waals surface area (Å²) in [4.78, 5) is 0. The SMILES string of the molecule is C=C(C)C1CCC(C)C2Oc3cc(CCCCC)cc(O)c3C12. The third-order valence-corrected chi connectivity index (χ3v) is 5.76. The van der Waals surface area contributed by atoms with E-state index in [1.807, 2.05) is 6.07 Å². The number of rotatable bonds is 5. The van der Waals surface area contributed by atoms with E-state index >= 15 is 0 Å². The molecule has 126 valence electrons. The van der Waals surface area contributed by atoms with Gasteiger partial charge in [0.25, 0.3) is 0 Å². The molecule has 1 aromatic rings. The van der Waals surface area contributed by atoms with Crippen molar-refractivity contribution in [2.75, 3.05) is 0 Å². The molecule has 1 aromatic carbocycles. The minimum absolute atomic E-state index is 0.192. The molecule has 0 amide bonds. The molecule has 4 unspecified atom stereocenters. The zero-order chi connectivity index (χ0) is 16.6. The van der Waals surface area contributed by atoms with Gasteiger partial charge in [-0.15, -0.1) is 0 Å². The summed E-state index contributed by atoms with van der Waals surface area (Å²) in [5.74, 6) is 2.59. The first-order valence-electron chi connectivity index (χ1n) is 9.20. The molecule has 3 rings (SSSR count). The number of unbranched alkanes of at least 4 members (excludes halogenated alkanes) is 2. The average Bonchev–Trinajstić information content (AvgIpc) is 2.88. The average molecular weight is 314 g/mol. The standard InChI is InChI=1S/C21H30O2/c1-5-6-7-8-15-11-17(22)20-18(12-15)23-21-14(4)9-10-16(13(2)3)19(20)21/h11-12,14,16,19,21-22H,2,5-10H2,1,3-4H3. The molecule has 1 aliphatic heterocycles. The van der Waals surface area contributed by atoms with Crippen molar-refractivity contribution < 1.29 is 9.84 Å². The van der Waals surface area contributed by atoms with Gasteiger partial charge in [0, 0.05) is 11.5 Å². The summed E-state index contributed by atoms with van der Waals surface area (Å²) >= 11 is 0. The van der Waals surface area contributed by atoms with Gasteiger partial charge < -0.3 is 9.84 Å². The van der Waals surface area contributed by atoms with Crippen molar-refractivity contribution in [3.8, 4) is 11.5 Å². The lowest BCUT2D eigenvalue weighted by molar-refractivity contribution is 0.0864. The molecule has 2 aliphatic rings. The van der Waals surface area contributed by atoms with Crippen molar-refractivity contribution in [2.45, 2.75) is 71.3 Å². The second-order valence-electron chi connectivity index (χ2n) is 7.60. The van der Waals surface area contributed by atoms with Crippen LogP contribution >= 0.6 is 0 Å². The minimum Gasteiger partial charge on any atom is -0.508 e. The number of hydrogen-bond acceptors (Lipinski definition) is 2. The lowest BCUT2D eigenvalue weighted by atomic mass is 9.68. The molecule has 1 saturated carbocycles. The summed E-state index contributed by atoms with van der Waals surface area (Å²) in [5.41, 5.74) is 3.46. The number of ether oxygens (including phenoxy) is 1. The maximum absolute atomic E-state index is 10.7. The van der Waals surface area contributed by atoms with Crippen molar-refractivity contribution in [3.63, 3.8) is 0 Å². The Morgan fingerprint density at radius 1 is 1.30 bits per heavy atom. The second-order valence-corrected chi connectivity index (χ2v) is 7.60. The van der Waals surface area contributed by atoms with Crippen LogP contribution in [-0.2, 0) is 6.42 Å². The van der Waals surface area contributed by atoms with Crippen LogP contribution in [0.25, 0.3) is 0 Å².